The van der Waals surface area contributed by atoms with Crippen molar-refractivity contribution in [2.45, 2.75) is 31.3 Å². The number of nitrogens with zero attached hydrogens (tertiary/aromatic N) is 1. The molecule has 11 heteroatoms. The number of benzene rings is 4. The molecule has 0 spiro atoms. The van der Waals surface area contributed by atoms with Gasteiger partial charge in [-0.3, -0.25) is 8.98 Å². The number of carbonyl (C=O) groups is 1. The first kappa shape index (κ1) is 33.1. The van der Waals surface area contributed by atoms with Gasteiger partial charge in [0.05, 0.1) is 63.0 Å². The van der Waals surface area contributed by atoms with Crippen molar-refractivity contribution in [1.82, 2.24) is 0 Å². The quantitative estimate of drug-likeness (QED) is 0.118. The molecule has 0 saturated carbocycles. The Hall–Kier alpha value is -4.29. The van der Waals surface area contributed by atoms with E-state index in [1.165, 1.54) is 30.3 Å². The highest BCUT2D eigenvalue weighted by Gasteiger charge is 2.30. The highest BCUT2D eigenvalue weighted by molar-refractivity contribution is 7.86. The standard InChI is InChI=1S/C35H37FN2O7S/c1-25-3-11-31(12-4-25)46(40,41)45-20-19-44-18-17-43-16-15-26-7-14-34(38-24-28-22-29(36)8-13-32(28)35(38)39)33(21-26)37-23-27-5-9-30(42-2)10-6-27/h3-14,21-22,37H,15-20,23-24H2,1-2H3. The van der Waals surface area contributed by atoms with E-state index in [-0.39, 0.29) is 36.4 Å². The summed E-state index contributed by atoms with van der Waals surface area (Å²) in [5.74, 6) is 0.229. The van der Waals surface area contributed by atoms with E-state index in [1.54, 1.807) is 24.1 Å². The lowest BCUT2D eigenvalue weighted by molar-refractivity contribution is 0.0381. The second-order valence-corrected chi connectivity index (χ2v) is 12.4. The summed E-state index contributed by atoms with van der Waals surface area (Å²) in [6.45, 7) is 3.78. The molecule has 0 radical (unpaired) electrons. The van der Waals surface area contributed by atoms with Crippen LogP contribution in [0.2, 0.25) is 0 Å². The number of rotatable bonds is 16. The fraction of sp³-hybridized carbons (Fsp3) is 0.286. The maximum absolute atomic E-state index is 13.9. The van der Waals surface area contributed by atoms with E-state index in [4.69, 9.17) is 18.4 Å². The minimum Gasteiger partial charge on any atom is -0.497 e. The van der Waals surface area contributed by atoms with Crippen LogP contribution in [0.1, 0.15) is 32.6 Å². The van der Waals surface area contributed by atoms with Gasteiger partial charge in [-0.15, -0.1) is 0 Å². The Kier molecular flexibility index (Phi) is 11.0. The fourth-order valence-corrected chi connectivity index (χ4v) is 5.92. The molecule has 0 saturated heterocycles. The van der Waals surface area contributed by atoms with Gasteiger partial charge >= 0.3 is 0 Å². The summed E-state index contributed by atoms with van der Waals surface area (Å²) in [4.78, 5) is 15.0. The van der Waals surface area contributed by atoms with Crippen LogP contribution in [0.15, 0.2) is 89.8 Å². The molecule has 1 aliphatic heterocycles. The molecule has 1 amide bonds. The number of fused-ring (bicyclic) bond motifs is 1. The van der Waals surface area contributed by atoms with Crippen molar-refractivity contribution in [3.8, 4) is 5.75 Å². The molecule has 1 aliphatic rings. The molecule has 0 fully saturated rings. The molecule has 0 unspecified atom stereocenters. The summed E-state index contributed by atoms with van der Waals surface area (Å²) >= 11 is 0. The fourth-order valence-electron chi connectivity index (χ4n) is 5.03. The van der Waals surface area contributed by atoms with Gasteiger partial charge in [0.15, 0.2) is 0 Å². The SMILES string of the molecule is COc1ccc(CNc2cc(CCOCCOCCOS(=O)(=O)c3ccc(C)cc3)ccc2N2Cc3cc(F)ccc3C2=O)cc1. The van der Waals surface area contributed by atoms with Crippen LogP contribution in [-0.4, -0.2) is 54.5 Å². The number of amides is 1. The summed E-state index contributed by atoms with van der Waals surface area (Å²) in [7, 11) is -2.20. The molecule has 1 heterocycles. The normalized spacial score (nSPS) is 12.8. The van der Waals surface area contributed by atoms with Gasteiger partial charge in [-0.2, -0.15) is 8.42 Å². The lowest BCUT2D eigenvalue weighted by Crippen LogP contribution is -2.24. The van der Waals surface area contributed by atoms with Crippen molar-refractivity contribution in [3.05, 3.63) is 119 Å². The van der Waals surface area contributed by atoms with Gasteiger partial charge in [0, 0.05) is 12.1 Å². The van der Waals surface area contributed by atoms with E-state index in [0.717, 1.165) is 28.1 Å². The van der Waals surface area contributed by atoms with E-state index in [1.807, 2.05) is 49.4 Å². The maximum Gasteiger partial charge on any atom is 0.297 e. The molecule has 0 bridgehead atoms. The molecule has 4 aromatic carbocycles. The first-order valence-electron chi connectivity index (χ1n) is 14.9. The number of methoxy groups -OCH3 is 1. The van der Waals surface area contributed by atoms with E-state index in [0.29, 0.717) is 49.6 Å². The molecule has 9 nitrogen and oxygen atoms in total. The largest absolute Gasteiger partial charge is 0.497 e. The number of halogens is 1. The number of nitrogens with one attached hydrogen (secondary N) is 1. The zero-order valence-corrected chi connectivity index (χ0v) is 26.6. The van der Waals surface area contributed by atoms with E-state index in [2.05, 4.69) is 5.32 Å². The summed E-state index contributed by atoms with van der Waals surface area (Å²) in [5, 5.41) is 3.47. The average Bonchev–Trinajstić information content (AvgIpc) is 3.38. The van der Waals surface area contributed by atoms with Crippen molar-refractivity contribution >= 4 is 27.4 Å². The molecular weight excluding hydrogens is 611 g/mol. The average molecular weight is 649 g/mol. The van der Waals surface area contributed by atoms with Gasteiger partial charge in [-0.25, -0.2) is 4.39 Å². The van der Waals surface area contributed by atoms with Crippen molar-refractivity contribution < 1.29 is 36.0 Å². The Morgan fingerprint density at radius 2 is 1.52 bits per heavy atom. The predicted molar refractivity (Wildman–Crippen MR) is 173 cm³/mol. The van der Waals surface area contributed by atoms with Gasteiger partial charge in [-0.1, -0.05) is 35.9 Å². The van der Waals surface area contributed by atoms with Gasteiger partial charge in [-0.05, 0) is 84.6 Å². The zero-order chi connectivity index (χ0) is 32.5. The molecule has 5 rings (SSSR count). The van der Waals surface area contributed by atoms with E-state index < -0.39 is 10.1 Å². The van der Waals surface area contributed by atoms with Crippen LogP contribution < -0.4 is 15.0 Å². The van der Waals surface area contributed by atoms with Crippen molar-refractivity contribution in [2.75, 3.05) is 50.4 Å². The second kappa shape index (κ2) is 15.3. The van der Waals surface area contributed by atoms with Crippen molar-refractivity contribution in [2.24, 2.45) is 0 Å². The Balaban J connectivity index is 1.12. The number of carbonyl (C=O) groups excluding carboxylic acids is 1. The van der Waals surface area contributed by atoms with Crippen molar-refractivity contribution in [3.63, 3.8) is 0 Å². The van der Waals surface area contributed by atoms with E-state index >= 15 is 0 Å². The summed E-state index contributed by atoms with van der Waals surface area (Å²) in [6.07, 6.45) is 0.620. The van der Waals surface area contributed by atoms with Gasteiger partial charge < -0.3 is 24.4 Å². The van der Waals surface area contributed by atoms with Crippen LogP contribution in [-0.2, 0) is 43.3 Å². The minimum atomic E-state index is -3.82. The van der Waals surface area contributed by atoms with Crippen LogP contribution in [0.25, 0.3) is 0 Å². The maximum atomic E-state index is 13.9. The Morgan fingerprint density at radius 3 is 2.26 bits per heavy atom. The third-order valence-corrected chi connectivity index (χ3v) is 8.87. The van der Waals surface area contributed by atoms with Crippen LogP contribution in [0.3, 0.4) is 0 Å². The number of hydrogen-bond acceptors (Lipinski definition) is 8. The van der Waals surface area contributed by atoms with Gasteiger partial charge in [0.1, 0.15) is 11.6 Å². The first-order chi connectivity index (χ1) is 22.2. The van der Waals surface area contributed by atoms with Gasteiger partial charge in [0.25, 0.3) is 16.0 Å². The van der Waals surface area contributed by atoms with Crippen LogP contribution in [0, 0.1) is 12.7 Å². The molecule has 0 aliphatic carbocycles. The predicted octanol–water partition coefficient (Wildman–Crippen LogP) is 5.90. The highest BCUT2D eigenvalue weighted by Crippen LogP contribution is 2.35. The Bertz CT molecular complexity index is 1750. The number of hydrogen-bond donors (Lipinski definition) is 1. The molecule has 0 atom stereocenters. The summed E-state index contributed by atoms with van der Waals surface area (Å²) in [6, 6.07) is 24.3. The third kappa shape index (κ3) is 8.49. The van der Waals surface area contributed by atoms with Gasteiger partial charge in [0.2, 0.25) is 0 Å². The summed E-state index contributed by atoms with van der Waals surface area (Å²) in [5.41, 5.74) is 5.65. The number of ether oxygens (including phenoxy) is 3. The topological polar surface area (TPSA) is 103 Å². The molecule has 4 aromatic rings. The van der Waals surface area contributed by atoms with Crippen LogP contribution >= 0.6 is 0 Å². The zero-order valence-electron chi connectivity index (χ0n) is 25.8. The number of aryl methyl sites for hydroxylation is 1. The van der Waals surface area contributed by atoms with Crippen LogP contribution in [0.4, 0.5) is 15.8 Å². The monoisotopic (exact) mass is 648 g/mol. The molecule has 242 valence electrons. The third-order valence-electron chi connectivity index (χ3n) is 7.55. The van der Waals surface area contributed by atoms with Crippen molar-refractivity contribution in [1.29, 1.82) is 0 Å². The minimum absolute atomic E-state index is 0.0889. The molecule has 1 N–H and O–H groups in total. The lowest BCUT2D eigenvalue weighted by atomic mass is 10.1. The Morgan fingerprint density at radius 1 is 0.826 bits per heavy atom. The van der Waals surface area contributed by atoms with Crippen LogP contribution in [0.5, 0.6) is 5.75 Å². The second-order valence-electron chi connectivity index (χ2n) is 10.8. The smallest absolute Gasteiger partial charge is 0.297 e. The van der Waals surface area contributed by atoms with E-state index in [9.17, 15) is 17.6 Å². The lowest BCUT2D eigenvalue weighted by Gasteiger charge is -2.22. The number of anilines is 2. The molecule has 0 aromatic heterocycles. The molecule has 46 heavy (non-hydrogen) atoms. The highest BCUT2D eigenvalue weighted by atomic mass is 32.2. The molecular formula is C35H37FN2O7S. The first-order valence-corrected chi connectivity index (χ1v) is 16.4. The Labute approximate surface area is 269 Å². The summed E-state index contributed by atoms with van der Waals surface area (Å²) < 4.78 is 59.9.